The van der Waals surface area contributed by atoms with E-state index in [0.717, 1.165) is 46.6 Å². The third-order valence-electron chi connectivity index (χ3n) is 7.90. The molecule has 216 valence electrons. The molecule has 2 aliphatic heterocycles. The van der Waals surface area contributed by atoms with Gasteiger partial charge in [0.2, 0.25) is 0 Å². The van der Waals surface area contributed by atoms with Crippen LogP contribution in [0.4, 0.5) is 0 Å². The minimum Gasteiger partial charge on any atom is -0.294 e. The molecule has 4 aromatic carbocycles. The van der Waals surface area contributed by atoms with Gasteiger partial charge in [0.15, 0.2) is 21.4 Å². The van der Waals surface area contributed by atoms with Crippen LogP contribution in [0.25, 0.3) is 0 Å². The van der Waals surface area contributed by atoms with Gasteiger partial charge >= 0.3 is 0 Å². The highest BCUT2D eigenvalue weighted by Crippen LogP contribution is 2.26. The molecule has 2 aliphatic carbocycles. The van der Waals surface area contributed by atoms with Crippen molar-refractivity contribution in [2.45, 2.75) is 48.3 Å². The van der Waals surface area contributed by atoms with E-state index in [9.17, 15) is 22.2 Å². The van der Waals surface area contributed by atoms with Crippen molar-refractivity contribution in [3.63, 3.8) is 0 Å². The Labute approximate surface area is 248 Å². The highest BCUT2D eigenvalue weighted by Gasteiger charge is 2.24. The quantitative estimate of drug-likeness (QED) is 0.233. The molecule has 0 amide bonds. The van der Waals surface area contributed by atoms with E-state index >= 15 is 0 Å². The zero-order valence-corrected chi connectivity index (χ0v) is 25.1. The van der Waals surface area contributed by atoms with Gasteiger partial charge in [0.05, 0.1) is 10.6 Å². The van der Waals surface area contributed by atoms with E-state index in [1.54, 1.807) is 12.1 Å². The van der Waals surface area contributed by atoms with Crippen LogP contribution in [-0.4, -0.2) is 41.6 Å². The molecule has 0 aromatic heterocycles. The van der Waals surface area contributed by atoms with Gasteiger partial charge in [0, 0.05) is 34.6 Å². The number of fused-ring (bicyclic) bond motifs is 4. The van der Waals surface area contributed by atoms with Crippen molar-refractivity contribution in [2.24, 2.45) is 0 Å². The summed E-state index contributed by atoms with van der Waals surface area (Å²) in [4.78, 5) is 23.6. The number of Topliss-reactive ketones (excluding diaryl/α,β-unsaturated/α-hetero) is 2. The van der Waals surface area contributed by atoms with Crippen molar-refractivity contribution in [3.8, 4) is 0 Å². The van der Waals surface area contributed by atoms with E-state index in [1.807, 2.05) is 84.9 Å². The van der Waals surface area contributed by atoms with E-state index < -0.39 is 19.4 Å². The Morgan fingerprint density at radius 2 is 0.857 bits per heavy atom. The zero-order chi connectivity index (χ0) is 29.7. The minimum atomic E-state index is -2.91. The van der Waals surface area contributed by atoms with Crippen LogP contribution >= 0.6 is 0 Å². The van der Waals surface area contributed by atoms with Crippen molar-refractivity contribution in [1.82, 2.24) is 0 Å². The number of carbonyl (C=O) groups excluding carboxylic acids is 2. The maximum absolute atomic E-state index is 11.7. The number of aryl methyl sites for hydroxylation is 4. The highest BCUT2D eigenvalue weighted by molar-refractivity contribution is 8.00. The number of hydrogen-bond acceptors (Lipinski definition) is 5. The summed E-state index contributed by atoms with van der Waals surface area (Å²) in [5, 5.41) is 0. The predicted molar refractivity (Wildman–Crippen MR) is 169 cm³/mol. The highest BCUT2D eigenvalue weighted by atomic mass is 32.2. The first kappa shape index (κ1) is 29.7. The van der Waals surface area contributed by atoms with Crippen LogP contribution in [0.15, 0.2) is 107 Å². The largest absolute Gasteiger partial charge is 0.294 e. The SMILES string of the molecule is C=S1(=O)CCc2ccccc21.O=C1CCc2ccccc21.O=C1CCc2ccccc21.O=S1(=O)CCc2ccccc21. The maximum Gasteiger partial charge on any atom is 0.178 e. The summed E-state index contributed by atoms with van der Waals surface area (Å²) in [6.07, 6.45) is 4.90. The Kier molecular flexibility index (Phi) is 8.90. The Morgan fingerprint density at radius 3 is 1.33 bits per heavy atom. The lowest BCUT2D eigenvalue weighted by atomic mass is 10.1. The van der Waals surface area contributed by atoms with Gasteiger partial charge in [0.25, 0.3) is 0 Å². The Morgan fingerprint density at radius 1 is 0.452 bits per heavy atom. The van der Waals surface area contributed by atoms with Gasteiger partial charge in [-0.05, 0) is 75.5 Å². The molecule has 7 heteroatoms. The van der Waals surface area contributed by atoms with Crippen LogP contribution in [0.5, 0.6) is 0 Å². The van der Waals surface area contributed by atoms with Gasteiger partial charge in [-0.1, -0.05) is 84.9 Å². The van der Waals surface area contributed by atoms with Gasteiger partial charge < -0.3 is 0 Å². The summed E-state index contributed by atoms with van der Waals surface area (Å²) in [5.74, 6) is 5.35. The molecule has 0 radical (unpaired) electrons. The van der Waals surface area contributed by atoms with Gasteiger partial charge in [-0.25, -0.2) is 8.42 Å². The maximum atomic E-state index is 11.7. The van der Waals surface area contributed by atoms with E-state index in [-0.39, 0.29) is 5.75 Å². The Hall–Kier alpha value is -3.81. The van der Waals surface area contributed by atoms with Crippen LogP contribution in [0.2, 0.25) is 0 Å². The van der Waals surface area contributed by atoms with Crippen LogP contribution in [0, 0.1) is 0 Å². The van der Waals surface area contributed by atoms with E-state index in [1.165, 1.54) is 16.7 Å². The van der Waals surface area contributed by atoms with Gasteiger partial charge in [-0.3, -0.25) is 13.8 Å². The fourth-order valence-corrected chi connectivity index (χ4v) is 8.92. The second-order valence-electron chi connectivity index (χ2n) is 10.7. The monoisotopic (exact) mass is 598 g/mol. The second kappa shape index (κ2) is 12.6. The lowest BCUT2D eigenvalue weighted by Gasteiger charge is -1.98. The first-order valence-corrected chi connectivity index (χ1v) is 17.7. The molecule has 0 fully saturated rings. The van der Waals surface area contributed by atoms with Crippen molar-refractivity contribution < 1.29 is 22.2 Å². The predicted octanol–water partition coefficient (Wildman–Crippen LogP) is 5.97. The lowest BCUT2D eigenvalue weighted by molar-refractivity contribution is 0.0986. The van der Waals surface area contributed by atoms with Gasteiger partial charge in [-0.2, -0.15) is 0 Å². The molecule has 5 nitrogen and oxygen atoms in total. The van der Waals surface area contributed by atoms with E-state index in [2.05, 4.69) is 5.87 Å². The average molecular weight is 599 g/mol. The van der Waals surface area contributed by atoms with Crippen molar-refractivity contribution in [3.05, 3.63) is 130 Å². The molecule has 1 unspecified atom stereocenters. The fourth-order valence-electron chi connectivity index (χ4n) is 5.61. The number of hydrogen-bond donors (Lipinski definition) is 0. The van der Waals surface area contributed by atoms with E-state index in [0.29, 0.717) is 35.7 Å². The number of sulfone groups is 1. The Balaban J connectivity index is 0.000000112. The molecule has 1 atom stereocenters. The molecule has 0 bridgehead atoms. The summed E-state index contributed by atoms with van der Waals surface area (Å²) >= 11 is 0. The molecule has 0 saturated heterocycles. The van der Waals surface area contributed by atoms with Crippen LogP contribution in [0.1, 0.15) is 55.8 Å². The van der Waals surface area contributed by atoms with Gasteiger partial charge in [0.1, 0.15) is 0 Å². The summed E-state index contributed by atoms with van der Waals surface area (Å²) in [6, 6.07) is 30.7. The summed E-state index contributed by atoms with van der Waals surface area (Å²) in [7, 11) is -4.81. The number of benzene rings is 4. The first-order chi connectivity index (χ1) is 20.2. The summed E-state index contributed by atoms with van der Waals surface area (Å²) < 4.78 is 34.2. The molecule has 4 aromatic rings. The lowest BCUT2D eigenvalue weighted by Crippen LogP contribution is -1.97. The third-order valence-corrected chi connectivity index (χ3v) is 11.8. The smallest absolute Gasteiger partial charge is 0.178 e. The van der Waals surface area contributed by atoms with Gasteiger partial charge in [-0.15, -0.1) is 0 Å². The molecule has 0 spiro atoms. The standard InChI is InChI=1S/C9H10OS.2C9H8O.C8H8O2S/c1-11(10)7-6-8-4-2-3-5-9(8)11;2*10-9-6-5-7-3-1-2-4-8(7)9;9-11(10)6-5-7-3-1-2-4-8(7)11/h2-5H,1,6-7H2;2*1-4H,5-6H2;1-4H,5-6H2. The Bertz CT molecular complexity index is 1720. The molecule has 0 N–H and O–H groups in total. The zero-order valence-electron chi connectivity index (χ0n) is 23.5. The number of carbonyl (C=O) groups is 2. The number of rotatable bonds is 0. The molecule has 8 rings (SSSR count). The topological polar surface area (TPSA) is 85.3 Å². The summed E-state index contributed by atoms with van der Waals surface area (Å²) in [5.41, 5.74) is 6.48. The molecule has 4 aliphatic rings. The van der Waals surface area contributed by atoms with Crippen molar-refractivity contribution in [1.29, 1.82) is 0 Å². The van der Waals surface area contributed by atoms with Crippen LogP contribution < -0.4 is 0 Å². The normalized spacial score (nSPS) is 19.9. The minimum absolute atomic E-state index is 0.284. The second-order valence-corrected chi connectivity index (χ2v) is 15.3. The summed E-state index contributed by atoms with van der Waals surface area (Å²) in [6.45, 7) is 0. The third kappa shape index (κ3) is 6.63. The van der Waals surface area contributed by atoms with Crippen molar-refractivity contribution >= 4 is 36.8 Å². The molecular formula is C35H34O5S2. The van der Waals surface area contributed by atoms with Crippen molar-refractivity contribution in [2.75, 3.05) is 11.5 Å². The average Bonchev–Trinajstić information content (AvgIpc) is 3.75. The van der Waals surface area contributed by atoms with E-state index in [4.69, 9.17) is 0 Å². The fraction of sp³-hybridized carbons (Fsp3) is 0.229. The molecule has 2 heterocycles. The molecular weight excluding hydrogens is 565 g/mol. The van der Waals surface area contributed by atoms with Crippen LogP contribution in [-0.2, 0) is 45.0 Å². The number of ketones is 2. The molecule has 0 saturated carbocycles. The first-order valence-electron chi connectivity index (χ1n) is 14.1. The molecule has 42 heavy (non-hydrogen) atoms. The van der Waals surface area contributed by atoms with Crippen LogP contribution in [0.3, 0.4) is 0 Å².